The minimum atomic E-state index is -0.582. The van der Waals surface area contributed by atoms with Crippen LogP contribution >= 0.6 is 27.5 Å². The number of fused-ring (bicyclic) bond motifs is 1. The predicted octanol–water partition coefficient (Wildman–Crippen LogP) is 3.00. The Balaban J connectivity index is 1.77. The van der Waals surface area contributed by atoms with E-state index in [9.17, 15) is 14.0 Å². The number of nitrogens with one attached hydrogen (secondary N) is 1. The zero-order valence-corrected chi connectivity index (χ0v) is 14.4. The normalized spacial score (nSPS) is 13.3. The van der Waals surface area contributed by atoms with E-state index in [1.54, 1.807) is 12.1 Å². The molecule has 6 nitrogen and oxygen atoms in total. The van der Waals surface area contributed by atoms with E-state index in [2.05, 4.69) is 26.2 Å². The highest BCUT2D eigenvalue weighted by molar-refractivity contribution is 9.10. The molecule has 124 valence electrons. The summed E-state index contributed by atoms with van der Waals surface area (Å²) in [6.45, 7) is -0.431. The Morgan fingerprint density at radius 3 is 2.96 bits per heavy atom. The van der Waals surface area contributed by atoms with Crippen LogP contribution in [-0.2, 0) is 9.59 Å². The third kappa shape index (κ3) is 3.49. The van der Waals surface area contributed by atoms with Crippen molar-refractivity contribution in [3.63, 3.8) is 0 Å². The average Bonchev–Trinajstić information content (AvgIpc) is 2.54. The van der Waals surface area contributed by atoms with Crippen molar-refractivity contribution in [2.24, 2.45) is 0 Å². The number of benzene rings is 1. The van der Waals surface area contributed by atoms with Crippen LogP contribution in [0.4, 0.5) is 15.9 Å². The molecule has 0 atom stereocenters. The van der Waals surface area contributed by atoms with Gasteiger partial charge in [0.25, 0.3) is 5.91 Å². The predicted molar refractivity (Wildman–Crippen MR) is 89.8 cm³/mol. The summed E-state index contributed by atoms with van der Waals surface area (Å²) in [6.07, 6.45) is 0. The van der Waals surface area contributed by atoms with Crippen molar-refractivity contribution in [2.45, 2.75) is 0 Å². The van der Waals surface area contributed by atoms with Gasteiger partial charge in [-0.05, 0) is 46.3 Å². The lowest BCUT2D eigenvalue weighted by molar-refractivity contribution is -0.123. The molecular formula is C15H10BrClFN3O3. The van der Waals surface area contributed by atoms with Gasteiger partial charge in [-0.3, -0.25) is 14.5 Å². The van der Waals surface area contributed by atoms with Gasteiger partial charge < -0.3 is 10.1 Å². The molecule has 2 amide bonds. The number of halogens is 3. The van der Waals surface area contributed by atoms with E-state index in [0.717, 1.165) is 6.07 Å². The van der Waals surface area contributed by atoms with Crippen LogP contribution in [-0.4, -0.2) is 29.9 Å². The van der Waals surface area contributed by atoms with Crippen molar-refractivity contribution >= 4 is 50.9 Å². The zero-order valence-electron chi connectivity index (χ0n) is 12.1. The van der Waals surface area contributed by atoms with Crippen molar-refractivity contribution in [3.05, 3.63) is 45.8 Å². The monoisotopic (exact) mass is 413 g/mol. The van der Waals surface area contributed by atoms with Gasteiger partial charge in [-0.15, -0.1) is 0 Å². The van der Waals surface area contributed by atoms with Crippen molar-refractivity contribution in [1.29, 1.82) is 0 Å². The van der Waals surface area contributed by atoms with Crippen LogP contribution in [0, 0.1) is 5.82 Å². The van der Waals surface area contributed by atoms with Gasteiger partial charge in [-0.2, -0.15) is 0 Å². The summed E-state index contributed by atoms with van der Waals surface area (Å²) >= 11 is 8.89. The number of amides is 2. The highest BCUT2D eigenvalue weighted by Gasteiger charge is 2.29. The Hall–Kier alpha value is -2.19. The number of pyridine rings is 1. The number of ether oxygens (including phenoxy) is 1. The molecule has 0 bridgehead atoms. The molecule has 0 saturated carbocycles. The highest BCUT2D eigenvalue weighted by Crippen LogP contribution is 2.31. The number of carbonyl (C=O) groups is 2. The summed E-state index contributed by atoms with van der Waals surface area (Å²) in [6, 6.07) is 7.14. The van der Waals surface area contributed by atoms with Gasteiger partial charge in [-0.25, -0.2) is 9.37 Å². The van der Waals surface area contributed by atoms with Crippen LogP contribution in [0.15, 0.2) is 34.9 Å². The lowest BCUT2D eigenvalue weighted by Gasteiger charge is -2.27. The number of rotatable bonds is 3. The van der Waals surface area contributed by atoms with E-state index < -0.39 is 11.7 Å². The molecule has 1 aromatic carbocycles. The van der Waals surface area contributed by atoms with E-state index in [0.29, 0.717) is 16.0 Å². The maximum Gasteiger partial charge on any atom is 0.266 e. The molecule has 9 heteroatoms. The molecule has 24 heavy (non-hydrogen) atoms. The summed E-state index contributed by atoms with van der Waals surface area (Å²) in [5.41, 5.74) is 0.328. The molecule has 0 spiro atoms. The number of aromatic nitrogens is 1. The van der Waals surface area contributed by atoms with Crippen LogP contribution < -0.4 is 15.0 Å². The minimum absolute atomic E-state index is 0.105. The number of hydrogen-bond donors (Lipinski definition) is 1. The van der Waals surface area contributed by atoms with E-state index in [4.69, 9.17) is 16.3 Å². The van der Waals surface area contributed by atoms with Gasteiger partial charge in [0, 0.05) is 5.69 Å². The summed E-state index contributed by atoms with van der Waals surface area (Å²) < 4.78 is 18.9. The van der Waals surface area contributed by atoms with Crippen LogP contribution in [0.25, 0.3) is 0 Å². The van der Waals surface area contributed by atoms with Crippen LogP contribution in [0.3, 0.4) is 0 Å². The summed E-state index contributed by atoms with van der Waals surface area (Å²) in [7, 11) is 0. The molecular weight excluding hydrogens is 405 g/mol. The van der Waals surface area contributed by atoms with Gasteiger partial charge in [0.1, 0.15) is 17.0 Å². The summed E-state index contributed by atoms with van der Waals surface area (Å²) in [5, 5.41) is 2.45. The maximum absolute atomic E-state index is 13.1. The average molecular weight is 415 g/mol. The smallest absolute Gasteiger partial charge is 0.266 e. The largest absolute Gasteiger partial charge is 0.480 e. The first-order valence-electron chi connectivity index (χ1n) is 6.78. The zero-order chi connectivity index (χ0) is 17.3. The van der Waals surface area contributed by atoms with Crippen molar-refractivity contribution < 1.29 is 18.7 Å². The van der Waals surface area contributed by atoms with Gasteiger partial charge >= 0.3 is 0 Å². The summed E-state index contributed by atoms with van der Waals surface area (Å²) in [4.78, 5) is 29.6. The lowest BCUT2D eigenvalue weighted by atomic mass is 10.3. The fraction of sp³-hybridized carbons (Fsp3) is 0.133. The maximum atomic E-state index is 13.1. The molecule has 0 unspecified atom stereocenters. The van der Waals surface area contributed by atoms with Gasteiger partial charge in [0.2, 0.25) is 5.91 Å². The highest BCUT2D eigenvalue weighted by atomic mass is 79.9. The quantitative estimate of drug-likeness (QED) is 0.784. The van der Waals surface area contributed by atoms with Crippen LogP contribution in [0.2, 0.25) is 5.02 Å². The number of anilines is 2. The lowest BCUT2D eigenvalue weighted by Crippen LogP contribution is -2.44. The van der Waals surface area contributed by atoms with Crippen LogP contribution in [0.5, 0.6) is 5.75 Å². The molecule has 2 aromatic rings. The second kappa shape index (κ2) is 6.74. The standard InChI is InChI=1S/C15H10BrClFN3O3/c16-12-4-3-11-15(20-12)21(14(23)7-24-11)6-13(22)19-8-1-2-10(18)9(17)5-8/h1-5H,6-7H2,(H,19,22). The molecule has 0 radical (unpaired) electrons. The Labute approximate surface area is 149 Å². The van der Waals surface area contributed by atoms with Crippen molar-refractivity contribution in [1.82, 2.24) is 4.98 Å². The number of carbonyl (C=O) groups excluding carboxylic acids is 2. The van der Waals surface area contributed by atoms with Crippen LogP contribution in [0.1, 0.15) is 0 Å². The fourth-order valence-corrected chi connectivity index (χ4v) is 2.62. The first kappa shape index (κ1) is 16.7. The Morgan fingerprint density at radius 2 is 2.21 bits per heavy atom. The second-order valence-corrected chi connectivity index (χ2v) is 6.12. The molecule has 3 rings (SSSR count). The Kier molecular flexibility index (Phi) is 4.68. The SMILES string of the molecule is O=C(CN1C(=O)COc2ccc(Br)nc21)Nc1ccc(F)c(Cl)c1. The molecule has 0 fully saturated rings. The number of hydrogen-bond acceptors (Lipinski definition) is 4. The van der Waals surface area contributed by atoms with E-state index >= 15 is 0 Å². The third-order valence-electron chi connectivity index (χ3n) is 3.22. The Bertz CT molecular complexity index is 834. The number of nitrogens with zero attached hydrogens (tertiary/aromatic N) is 2. The van der Waals surface area contributed by atoms with E-state index in [-0.39, 0.29) is 29.9 Å². The fourth-order valence-electron chi connectivity index (χ4n) is 2.14. The topological polar surface area (TPSA) is 71.5 Å². The Morgan fingerprint density at radius 1 is 1.42 bits per heavy atom. The van der Waals surface area contributed by atoms with Crippen molar-refractivity contribution in [3.8, 4) is 5.75 Å². The van der Waals surface area contributed by atoms with Crippen molar-refractivity contribution in [2.75, 3.05) is 23.4 Å². The molecule has 1 N–H and O–H groups in total. The first-order chi connectivity index (χ1) is 11.4. The van der Waals surface area contributed by atoms with Gasteiger partial charge in [0.15, 0.2) is 18.2 Å². The first-order valence-corrected chi connectivity index (χ1v) is 7.96. The van der Waals surface area contributed by atoms with E-state index in [1.165, 1.54) is 17.0 Å². The van der Waals surface area contributed by atoms with Gasteiger partial charge in [-0.1, -0.05) is 11.6 Å². The molecule has 1 aliphatic heterocycles. The third-order valence-corrected chi connectivity index (χ3v) is 3.95. The van der Waals surface area contributed by atoms with E-state index in [1.807, 2.05) is 0 Å². The molecule has 0 aliphatic carbocycles. The molecule has 2 heterocycles. The molecule has 1 aliphatic rings. The molecule has 0 saturated heterocycles. The summed E-state index contributed by atoms with van der Waals surface area (Å²) in [5.74, 6) is -0.773. The van der Waals surface area contributed by atoms with Gasteiger partial charge in [0.05, 0.1) is 5.02 Å². The second-order valence-electron chi connectivity index (χ2n) is 4.90. The minimum Gasteiger partial charge on any atom is -0.480 e. The molecule has 1 aromatic heterocycles.